The summed E-state index contributed by atoms with van der Waals surface area (Å²) in [6.45, 7) is 3.25. The predicted octanol–water partition coefficient (Wildman–Crippen LogP) is 6.11. The third-order valence-corrected chi connectivity index (χ3v) is 6.38. The third kappa shape index (κ3) is 4.88. The largest absolute Gasteiger partial charge is 0.309 e. The molecule has 1 heterocycles. The van der Waals surface area contributed by atoms with Crippen molar-refractivity contribution < 1.29 is 0 Å². The summed E-state index contributed by atoms with van der Waals surface area (Å²) in [7, 11) is 0. The number of thioether (sulfide) groups is 1. The minimum atomic E-state index is 0.397. The van der Waals surface area contributed by atoms with Crippen LogP contribution in [-0.4, -0.2) is 12.3 Å². The van der Waals surface area contributed by atoms with Crippen molar-refractivity contribution in [2.75, 3.05) is 12.3 Å². The standard InChI is InChI=1S/C15H17Br2NS2/c1-2-7-18-14(15-13(17)6-8-19-15)10-20-12-5-3-4-11(16)9-12/h3-6,8-9,14,18H,2,7,10H2,1H3. The first-order valence-electron chi connectivity index (χ1n) is 6.55. The molecule has 1 aromatic heterocycles. The second-order valence-electron chi connectivity index (χ2n) is 4.41. The highest BCUT2D eigenvalue weighted by molar-refractivity contribution is 9.10. The Morgan fingerprint density at radius 2 is 2.15 bits per heavy atom. The van der Waals surface area contributed by atoms with Crippen molar-refractivity contribution in [2.24, 2.45) is 0 Å². The molecule has 0 aliphatic rings. The van der Waals surface area contributed by atoms with E-state index in [-0.39, 0.29) is 0 Å². The van der Waals surface area contributed by atoms with E-state index in [0.29, 0.717) is 6.04 Å². The van der Waals surface area contributed by atoms with Crippen LogP contribution in [0.3, 0.4) is 0 Å². The number of halogens is 2. The lowest BCUT2D eigenvalue weighted by Gasteiger charge is -2.17. The van der Waals surface area contributed by atoms with Crippen molar-refractivity contribution in [3.05, 3.63) is 49.5 Å². The third-order valence-electron chi connectivity index (χ3n) is 2.81. The van der Waals surface area contributed by atoms with Gasteiger partial charge in [-0.15, -0.1) is 23.1 Å². The van der Waals surface area contributed by atoms with Crippen LogP contribution >= 0.6 is 55.0 Å². The summed E-state index contributed by atoms with van der Waals surface area (Å²) in [5.41, 5.74) is 0. The summed E-state index contributed by atoms with van der Waals surface area (Å²) < 4.78 is 2.35. The zero-order valence-corrected chi connectivity index (χ0v) is 16.0. The van der Waals surface area contributed by atoms with Gasteiger partial charge in [0.05, 0.1) is 6.04 Å². The molecule has 2 aromatic rings. The number of hydrogen-bond acceptors (Lipinski definition) is 3. The number of hydrogen-bond donors (Lipinski definition) is 1. The topological polar surface area (TPSA) is 12.0 Å². The molecule has 0 amide bonds. The second-order valence-corrected chi connectivity index (χ2v) is 8.22. The lowest BCUT2D eigenvalue weighted by molar-refractivity contribution is 0.583. The molecule has 0 aliphatic carbocycles. The Morgan fingerprint density at radius 3 is 2.80 bits per heavy atom. The van der Waals surface area contributed by atoms with Gasteiger partial charge < -0.3 is 5.32 Å². The SMILES string of the molecule is CCCNC(CSc1cccc(Br)c1)c1sccc1Br. The Balaban J connectivity index is 2.03. The second kappa shape index (κ2) is 8.59. The van der Waals surface area contributed by atoms with Gasteiger partial charge >= 0.3 is 0 Å². The lowest BCUT2D eigenvalue weighted by atomic mass is 10.2. The maximum absolute atomic E-state index is 3.65. The molecular formula is C15H17Br2NS2. The number of rotatable bonds is 7. The van der Waals surface area contributed by atoms with Gasteiger partial charge in [-0.2, -0.15) is 0 Å². The summed E-state index contributed by atoms with van der Waals surface area (Å²) in [6.07, 6.45) is 1.15. The predicted molar refractivity (Wildman–Crippen MR) is 97.9 cm³/mol. The first kappa shape index (κ1) is 16.6. The Bertz CT molecular complexity index is 542. The molecule has 1 atom stereocenters. The van der Waals surface area contributed by atoms with E-state index >= 15 is 0 Å². The smallest absolute Gasteiger partial charge is 0.0521 e. The van der Waals surface area contributed by atoms with E-state index in [1.165, 1.54) is 14.2 Å². The lowest BCUT2D eigenvalue weighted by Crippen LogP contribution is -2.23. The van der Waals surface area contributed by atoms with Crippen molar-refractivity contribution in [3.63, 3.8) is 0 Å². The average molecular weight is 435 g/mol. The van der Waals surface area contributed by atoms with Gasteiger partial charge in [-0.3, -0.25) is 0 Å². The summed E-state index contributed by atoms with van der Waals surface area (Å²) in [4.78, 5) is 2.69. The first-order valence-corrected chi connectivity index (χ1v) is 10.0. The van der Waals surface area contributed by atoms with Crippen LogP contribution in [-0.2, 0) is 0 Å². The monoisotopic (exact) mass is 433 g/mol. The highest BCUT2D eigenvalue weighted by Crippen LogP contribution is 2.33. The first-order chi connectivity index (χ1) is 9.70. The van der Waals surface area contributed by atoms with Crippen LogP contribution in [0.25, 0.3) is 0 Å². The van der Waals surface area contributed by atoms with Crippen LogP contribution in [0.15, 0.2) is 49.6 Å². The van der Waals surface area contributed by atoms with Gasteiger partial charge in [-0.25, -0.2) is 0 Å². The van der Waals surface area contributed by atoms with Crippen molar-refractivity contribution in [1.82, 2.24) is 5.32 Å². The highest BCUT2D eigenvalue weighted by Gasteiger charge is 2.15. The van der Waals surface area contributed by atoms with Crippen LogP contribution < -0.4 is 5.32 Å². The van der Waals surface area contributed by atoms with E-state index in [0.717, 1.165) is 23.2 Å². The quantitative estimate of drug-likeness (QED) is 0.527. The van der Waals surface area contributed by atoms with Gasteiger partial charge in [0.15, 0.2) is 0 Å². The molecular weight excluding hydrogens is 418 g/mol. The number of benzene rings is 1. The molecule has 0 saturated heterocycles. The molecule has 1 aromatic carbocycles. The molecule has 2 rings (SSSR count). The van der Waals surface area contributed by atoms with Crippen molar-refractivity contribution in [2.45, 2.75) is 24.3 Å². The summed E-state index contributed by atoms with van der Waals surface area (Å²) in [5.74, 6) is 1.04. The Hall–Kier alpha value is 0.190. The zero-order valence-electron chi connectivity index (χ0n) is 11.2. The normalized spacial score (nSPS) is 12.6. The summed E-state index contributed by atoms with van der Waals surface area (Å²) in [6, 6.07) is 11.0. The molecule has 0 bridgehead atoms. The van der Waals surface area contributed by atoms with Crippen LogP contribution in [0.2, 0.25) is 0 Å². The van der Waals surface area contributed by atoms with Gasteiger partial charge in [0.2, 0.25) is 0 Å². The fourth-order valence-corrected chi connectivity index (χ4v) is 5.25. The fourth-order valence-electron chi connectivity index (χ4n) is 1.84. The van der Waals surface area contributed by atoms with Crippen LogP contribution in [0.5, 0.6) is 0 Å². The Labute approximate surface area is 145 Å². The van der Waals surface area contributed by atoms with E-state index < -0.39 is 0 Å². The van der Waals surface area contributed by atoms with E-state index in [9.17, 15) is 0 Å². The fraction of sp³-hybridized carbons (Fsp3) is 0.333. The summed E-state index contributed by atoms with van der Waals surface area (Å²) in [5, 5.41) is 5.79. The molecule has 0 spiro atoms. The zero-order chi connectivity index (χ0) is 14.4. The Kier molecular flexibility index (Phi) is 7.11. The molecule has 5 heteroatoms. The van der Waals surface area contributed by atoms with E-state index in [1.54, 1.807) is 0 Å². The molecule has 0 fully saturated rings. The van der Waals surface area contributed by atoms with E-state index in [2.05, 4.69) is 79.8 Å². The molecule has 0 aliphatic heterocycles. The van der Waals surface area contributed by atoms with E-state index in [4.69, 9.17) is 0 Å². The molecule has 20 heavy (non-hydrogen) atoms. The molecule has 108 valence electrons. The van der Waals surface area contributed by atoms with E-state index in [1.807, 2.05) is 23.1 Å². The van der Waals surface area contributed by atoms with Crippen molar-refractivity contribution >= 4 is 55.0 Å². The molecule has 0 saturated carbocycles. The molecule has 1 unspecified atom stereocenters. The maximum Gasteiger partial charge on any atom is 0.0521 e. The van der Waals surface area contributed by atoms with Gasteiger partial charge in [0.25, 0.3) is 0 Å². The minimum Gasteiger partial charge on any atom is -0.309 e. The van der Waals surface area contributed by atoms with Gasteiger partial charge in [-0.1, -0.05) is 28.9 Å². The summed E-state index contributed by atoms with van der Waals surface area (Å²) >= 11 is 10.9. The number of thiophene rings is 1. The molecule has 1 N–H and O–H groups in total. The average Bonchev–Trinajstić information content (AvgIpc) is 2.85. The van der Waals surface area contributed by atoms with Gasteiger partial charge in [0, 0.05) is 24.5 Å². The van der Waals surface area contributed by atoms with Gasteiger partial charge in [0.1, 0.15) is 0 Å². The van der Waals surface area contributed by atoms with Gasteiger partial charge in [-0.05, 0) is 58.5 Å². The van der Waals surface area contributed by atoms with Crippen LogP contribution in [0.1, 0.15) is 24.3 Å². The minimum absolute atomic E-state index is 0.397. The molecule has 1 nitrogen and oxygen atoms in total. The van der Waals surface area contributed by atoms with Crippen molar-refractivity contribution in [3.8, 4) is 0 Å². The Morgan fingerprint density at radius 1 is 1.30 bits per heavy atom. The van der Waals surface area contributed by atoms with Crippen LogP contribution in [0.4, 0.5) is 0 Å². The number of nitrogens with one attached hydrogen (secondary N) is 1. The molecule has 0 radical (unpaired) electrons. The van der Waals surface area contributed by atoms with Crippen LogP contribution in [0, 0.1) is 0 Å². The highest BCUT2D eigenvalue weighted by atomic mass is 79.9. The maximum atomic E-state index is 3.65. The van der Waals surface area contributed by atoms with Crippen molar-refractivity contribution in [1.29, 1.82) is 0 Å².